The summed E-state index contributed by atoms with van der Waals surface area (Å²) in [5.41, 5.74) is 5.75. The molecule has 0 radical (unpaired) electrons. The summed E-state index contributed by atoms with van der Waals surface area (Å²) in [6, 6.07) is 3.81. The number of nitrogens with zero attached hydrogens (tertiary/aromatic N) is 1. The number of carbonyl (C=O) groups is 1. The van der Waals surface area contributed by atoms with Gasteiger partial charge in [0.05, 0.1) is 11.3 Å². The second kappa shape index (κ2) is 5.44. The number of hydrogen-bond donors (Lipinski definition) is 1. The van der Waals surface area contributed by atoms with Gasteiger partial charge in [0.2, 0.25) is 0 Å². The predicted octanol–water partition coefficient (Wildman–Crippen LogP) is 3.41. The van der Waals surface area contributed by atoms with Crippen LogP contribution in [0.2, 0.25) is 0 Å². The Morgan fingerprint density at radius 3 is 2.76 bits per heavy atom. The first-order chi connectivity index (χ1) is 10.1. The molecule has 0 unspecified atom stereocenters. The monoisotopic (exact) mass is 308 g/mol. The summed E-state index contributed by atoms with van der Waals surface area (Å²) in [6.07, 6.45) is 1.78. The number of thiophene rings is 1. The van der Waals surface area contributed by atoms with Crippen LogP contribution in [0, 0.1) is 11.6 Å². The molecule has 1 fully saturated rings. The third kappa shape index (κ3) is 2.90. The van der Waals surface area contributed by atoms with Gasteiger partial charge in [-0.05, 0) is 47.4 Å². The number of anilines is 1. The van der Waals surface area contributed by atoms with Crippen molar-refractivity contribution >= 4 is 22.9 Å². The Kier molecular flexibility index (Phi) is 3.63. The third-order valence-electron chi connectivity index (χ3n) is 3.48. The zero-order valence-corrected chi connectivity index (χ0v) is 12.0. The molecular weight excluding hydrogens is 294 g/mol. The predicted molar refractivity (Wildman–Crippen MR) is 78.0 cm³/mol. The largest absolute Gasteiger partial charge is 0.396 e. The summed E-state index contributed by atoms with van der Waals surface area (Å²) in [5, 5.41) is 3.87. The number of carbonyl (C=O) groups excluding carboxylic acids is 1. The fraction of sp³-hybridized carbons (Fsp3) is 0.267. The van der Waals surface area contributed by atoms with Crippen LogP contribution in [0.3, 0.4) is 0 Å². The molecule has 0 aliphatic heterocycles. The van der Waals surface area contributed by atoms with E-state index >= 15 is 0 Å². The van der Waals surface area contributed by atoms with Crippen molar-refractivity contribution in [3.05, 3.63) is 51.7 Å². The van der Waals surface area contributed by atoms with Crippen molar-refractivity contribution in [1.29, 1.82) is 0 Å². The number of nitrogen functional groups attached to an aromatic ring is 1. The molecule has 1 amide bonds. The molecular formula is C15H14F2N2OS. The first-order valence-corrected chi connectivity index (χ1v) is 7.57. The van der Waals surface area contributed by atoms with E-state index in [9.17, 15) is 13.6 Å². The highest BCUT2D eigenvalue weighted by atomic mass is 32.1. The van der Waals surface area contributed by atoms with E-state index in [4.69, 9.17) is 5.73 Å². The molecule has 0 spiro atoms. The molecule has 21 heavy (non-hydrogen) atoms. The number of benzene rings is 1. The Morgan fingerprint density at radius 2 is 2.14 bits per heavy atom. The highest BCUT2D eigenvalue weighted by Gasteiger charge is 2.34. The van der Waals surface area contributed by atoms with Gasteiger partial charge in [-0.25, -0.2) is 8.78 Å². The maximum absolute atomic E-state index is 14.0. The van der Waals surface area contributed by atoms with Crippen LogP contribution in [-0.2, 0) is 6.54 Å². The second-order valence-corrected chi connectivity index (χ2v) is 5.93. The normalized spacial score (nSPS) is 14.2. The van der Waals surface area contributed by atoms with E-state index in [-0.39, 0.29) is 17.3 Å². The SMILES string of the molecule is Nc1cc(F)cc(C(=O)N(Cc2ccsc2)C2CC2)c1F. The van der Waals surface area contributed by atoms with Gasteiger partial charge < -0.3 is 10.6 Å². The van der Waals surface area contributed by atoms with E-state index in [2.05, 4.69) is 0 Å². The van der Waals surface area contributed by atoms with E-state index in [1.54, 1.807) is 4.90 Å². The molecule has 1 aliphatic rings. The minimum atomic E-state index is -0.850. The first-order valence-electron chi connectivity index (χ1n) is 6.63. The van der Waals surface area contributed by atoms with Crippen molar-refractivity contribution in [2.24, 2.45) is 0 Å². The van der Waals surface area contributed by atoms with E-state index in [0.717, 1.165) is 30.5 Å². The molecule has 1 aromatic heterocycles. The van der Waals surface area contributed by atoms with Gasteiger partial charge >= 0.3 is 0 Å². The molecule has 1 heterocycles. The Labute approximate surface area is 125 Å². The quantitative estimate of drug-likeness (QED) is 0.880. The topological polar surface area (TPSA) is 46.3 Å². The smallest absolute Gasteiger partial charge is 0.257 e. The van der Waals surface area contributed by atoms with Crippen LogP contribution >= 0.6 is 11.3 Å². The molecule has 6 heteroatoms. The molecule has 3 nitrogen and oxygen atoms in total. The summed E-state index contributed by atoms with van der Waals surface area (Å²) >= 11 is 1.54. The van der Waals surface area contributed by atoms with Gasteiger partial charge in [0.15, 0.2) is 5.82 Å². The maximum Gasteiger partial charge on any atom is 0.257 e. The van der Waals surface area contributed by atoms with E-state index in [1.807, 2.05) is 16.8 Å². The fourth-order valence-electron chi connectivity index (χ4n) is 2.25. The summed E-state index contributed by atoms with van der Waals surface area (Å²) in [5.74, 6) is -2.06. The molecule has 2 N–H and O–H groups in total. The van der Waals surface area contributed by atoms with Gasteiger partial charge in [-0.15, -0.1) is 0 Å². The average molecular weight is 308 g/mol. The Morgan fingerprint density at radius 1 is 1.38 bits per heavy atom. The lowest BCUT2D eigenvalue weighted by Gasteiger charge is -2.22. The van der Waals surface area contributed by atoms with Gasteiger partial charge in [-0.2, -0.15) is 11.3 Å². The van der Waals surface area contributed by atoms with E-state index in [1.165, 1.54) is 11.3 Å². The highest BCUT2D eigenvalue weighted by Crippen LogP contribution is 2.31. The minimum absolute atomic E-state index is 0.0984. The van der Waals surface area contributed by atoms with Gasteiger partial charge in [0.1, 0.15) is 5.82 Å². The van der Waals surface area contributed by atoms with Crippen LogP contribution < -0.4 is 5.73 Å². The van der Waals surface area contributed by atoms with Gasteiger partial charge in [-0.3, -0.25) is 4.79 Å². The first kappa shape index (κ1) is 14.0. The molecule has 0 saturated heterocycles. The summed E-state index contributed by atoms with van der Waals surface area (Å²) in [6.45, 7) is 0.406. The highest BCUT2D eigenvalue weighted by molar-refractivity contribution is 7.07. The van der Waals surface area contributed by atoms with Crippen LogP contribution in [0.5, 0.6) is 0 Å². The molecule has 1 saturated carbocycles. The van der Waals surface area contributed by atoms with Crippen LogP contribution in [0.15, 0.2) is 29.0 Å². The number of amides is 1. The molecule has 110 valence electrons. The lowest BCUT2D eigenvalue weighted by atomic mass is 10.1. The van der Waals surface area contributed by atoms with E-state index in [0.29, 0.717) is 6.54 Å². The van der Waals surface area contributed by atoms with Crippen molar-refractivity contribution in [3.63, 3.8) is 0 Å². The molecule has 0 atom stereocenters. The van der Waals surface area contributed by atoms with Crippen molar-refractivity contribution in [2.45, 2.75) is 25.4 Å². The van der Waals surface area contributed by atoms with Crippen LogP contribution in [0.4, 0.5) is 14.5 Å². The van der Waals surface area contributed by atoms with Crippen molar-refractivity contribution in [2.75, 3.05) is 5.73 Å². The maximum atomic E-state index is 14.0. The zero-order chi connectivity index (χ0) is 15.0. The summed E-state index contributed by atoms with van der Waals surface area (Å²) in [4.78, 5) is 14.1. The summed E-state index contributed by atoms with van der Waals surface area (Å²) < 4.78 is 27.4. The van der Waals surface area contributed by atoms with Crippen LogP contribution in [0.1, 0.15) is 28.8 Å². The third-order valence-corrected chi connectivity index (χ3v) is 4.21. The minimum Gasteiger partial charge on any atom is -0.396 e. The Hall–Kier alpha value is -1.95. The average Bonchev–Trinajstić information content (AvgIpc) is 3.16. The number of rotatable bonds is 4. The van der Waals surface area contributed by atoms with E-state index < -0.39 is 17.5 Å². The molecule has 1 aromatic carbocycles. The lowest BCUT2D eigenvalue weighted by Crippen LogP contribution is -2.33. The summed E-state index contributed by atoms with van der Waals surface area (Å²) in [7, 11) is 0. The zero-order valence-electron chi connectivity index (χ0n) is 11.2. The molecule has 0 bridgehead atoms. The van der Waals surface area contributed by atoms with Gasteiger partial charge in [0.25, 0.3) is 5.91 Å². The van der Waals surface area contributed by atoms with Gasteiger partial charge in [0, 0.05) is 12.6 Å². The number of hydrogen-bond acceptors (Lipinski definition) is 3. The van der Waals surface area contributed by atoms with Crippen molar-refractivity contribution in [1.82, 2.24) is 4.90 Å². The molecule has 2 aromatic rings. The Bertz CT molecular complexity index is 669. The standard InChI is InChI=1S/C15H14F2N2OS/c16-10-5-12(14(17)13(18)6-10)15(20)19(11-1-2-11)7-9-3-4-21-8-9/h3-6,8,11H,1-2,7,18H2. The molecule has 3 rings (SSSR count). The van der Waals surface area contributed by atoms with Crippen molar-refractivity contribution in [3.8, 4) is 0 Å². The van der Waals surface area contributed by atoms with Crippen molar-refractivity contribution < 1.29 is 13.6 Å². The number of halogens is 2. The molecule has 1 aliphatic carbocycles. The lowest BCUT2D eigenvalue weighted by molar-refractivity contribution is 0.0725. The van der Waals surface area contributed by atoms with Crippen LogP contribution in [0.25, 0.3) is 0 Å². The second-order valence-electron chi connectivity index (χ2n) is 5.15. The number of nitrogens with two attached hydrogens (primary N) is 1. The fourth-order valence-corrected chi connectivity index (χ4v) is 2.91. The van der Waals surface area contributed by atoms with Crippen LogP contribution in [-0.4, -0.2) is 16.8 Å². The van der Waals surface area contributed by atoms with Gasteiger partial charge in [-0.1, -0.05) is 0 Å². The Balaban J connectivity index is 1.91.